The van der Waals surface area contributed by atoms with E-state index in [1.165, 1.54) is 0 Å². The average molecular weight is 342 g/mol. The molecule has 2 heterocycles. The van der Waals surface area contributed by atoms with Crippen LogP contribution in [0.5, 0.6) is 0 Å². The molecule has 6 nitrogen and oxygen atoms in total. The smallest absolute Gasteiger partial charge is 0.257 e. The molecule has 3 rings (SSSR count). The molecule has 1 saturated heterocycles. The summed E-state index contributed by atoms with van der Waals surface area (Å²) in [6.45, 7) is 2.91. The molecule has 0 bridgehead atoms. The minimum atomic E-state index is 0.00459. The van der Waals surface area contributed by atoms with Gasteiger partial charge in [0.1, 0.15) is 0 Å². The lowest BCUT2D eigenvalue weighted by molar-refractivity contribution is 0.0512. The number of hydrogen-bond acceptors (Lipinski definition) is 4. The van der Waals surface area contributed by atoms with Gasteiger partial charge >= 0.3 is 0 Å². The van der Waals surface area contributed by atoms with Crippen LogP contribution < -0.4 is 0 Å². The quantitative estimate of drug-likeness (QED) is 0.838. The van der Waals surface area contributed by atoms with E-state index < -0.39 is 0 Å². The molecular formula is C19H26N4O2. The molecule has 1 aliphatic heterocycles. The Balaban J connectivity index is 1.80. The minimum Gasteiger partial charge on any atom is -0.376 e. The number of aromatic amines is 1. The number of hydrogen-bond donors (Lipinski definition) is 1. The Hall–Kier alpha value is -2.18. The first-order valence-electron chi connectivity index (χ1n) is 8.79. The number of carbonyl (C=O) groups is 1. The van der Waals surface area contributed by atoms with Crippen molar-refractivity contribution in [3.05, 3.63) is 42.1 Å². The Bertz CT molecular complexity index is 678. The number of H-pyrrole nitrogens is 1. The second-order valence-corrected chi connectivity index (χ2v) is 6.71. The van der Waals surface area contributed by atoms with Crippen molar-refractivity contribution >= 4 is 5.91 Å². The topological polar surface area (TPSA) is 61.5 Å². The highest BCUT2D eigenvalue weighted by molar-refractivity contribution is 5.99. The predicted octanol–water partition coefficient (Wildman–Crippen LogP) is 2.26. The van der Waals surface area contributed by atoms with Gasteiger partial charge in [-0.1, -0.05) is 30.3 Å². The monoisotopic (exact) mass is 342 g/mol. The second kappa shape index (κ2) is 8.27. The molecule has 1 N–H and O–H groups in total. The van der Waals surface area contributed by atoms with Gasteiger partial charge in [0.25, 0.3) is 5.91 Å². The molecule has 1 fully saturated rings. The molecule has 1 aromatic carbocycles. The van der Waals surface area contributed by atoms with Crippen molar-refractivity contribution in [2.75, 3.05) is 40.3 Å². The van der Waals surface area contributed by atoms with Gasteiger partial charge in [-0.05, 0) is 26.9 Å². The summed E-state index contributed by atoms with van der Waals surface area (Å²) in [6, 6.07) is 9.84. The van der Waals surface area contributed by atoms with Crippen LogP contribution in [0, 0.1) is 0 Å². The summed E-state index contributed by atoms with van der Waals surface area (Å²) in [7, 11) is 4.03. The lowest BCUT2D eigenvalue weighted by atomic mass is 10.1. The highest BCUT2D eigenvalue weighted by Crippen LogP contribution is 2.23. The predicted molar refractivity (Wildman–Crippen MR) is 97.5 cm³/mol. The van der Waals surface area contributed by atoms with E-state index in [0.717, 1.165) is 37.3 Å². The lowest BCUT2D eigenvalue weighted by Crippen LogP contribution is -2.41. The van der Waals surface area contributed by atoms with E-state index in [1.807, 2.05) is 49.3 Å². The van der Waals surface area contributed by atoms with E-state index >= 15 is 0 Å². The van der Waals surface area contributed by atoms with E-state index in [9.17, 15) is 4.79 Å². The number of benzene rings is 1. The molecule has 1 aliphatic rings. The minimum absolute atomic E-state index is 0.00459. The van der Waals surface area contributed by atoms with Gasteiger partial charge in [0.2, 0.25) is 0 Å². The summed E-state index contributed by atoms with van der Waals surface area (Å²) in [6.07, 6.45) is 3.85. The third kappa shape index (κ3) is 4.46. The van der Waals surface area contributed by atoms with Crippen molar-refractivity contribution in [3.63, 3.8) is 0 Å². The zero-order valence-corrected chi connectivity index (χ0v) is 14.9. The summed E-state index contributed by atoms with van der Waals surface area (Å²) in [5.41, 5.74) is 2.35. The Kier molecular flexibility index (Phi) is 5.83. The fourth-order valence-electron chi connectivity index (χ4n) is 3.07. The molecule has 1 unspecified atom stereocenters. The van der Waals surface area contributed by atoms with Gasteiger partial charge in [-0.3, -0.25) is 9.89 Å². The number of nitrogens with zero attached hydrogens (tertiary/aromatic N) is 3. The van der Waals surface area contributed by atoms with Gasteiger partial charge in [0, 0.05) is 31.8 Å². The molecule has 1 amide bonds. The summed E-state index contributed by atoms with van der Waals surface area (Å²) < 4.78 is 5.74. The lowest BCUT2D eigenvalue weighted by Gasteiger charge is -2.27. The van der Waals surface area contributed by atoms with E-state index in [4.69, 9.17) is 4.74 Å². The van der Waals surface area contributed by atoms with Crippen LogP contribution in [0.15, 0.2) is 36.5 Å². The first-order valence-corrected chi connectivity index (χ1v) is 8.79. The van der Waals surface area contributed by atoms with Crippen LogP contribution in [0.25, 0.3) is 11.3 Å². The number of rotatable bonds is 7. The summed E-state index contributed by atoms with van der Waals surface area (Å²) in [5.74, 6) is 0.00459. The average Bonchev–Trinajstić information content (AvgIpc) is 3.30. The van der Waals surface area contributed by atoms with Crippen LogP contribution in [-0.4, -0.2) is 72.3 Å². The third-order valence-corrected chi connectivity index (χ3v) is 4.48. The van der Waals surface area contributed by atoms with Crippen LogP contribution in [0.3, 0.4) is 0 Å². The number of nitrogens with one attached hydrogen (secondary N) is 1. The Morgan fingerprint density at radius 3 is 2.76 bits per heavy atom. The molecule has 0 aliphatic carbocycles. The fourth-order valence-corrected chi connectivity index (χ4v) is 3.07. The van der Waals surface area contributed by atoms with Crippen molar-refractivity contribution < 1.29 is 9.53 Å². The molecule has 134 valence electrons. The van der Waals surface area contributed by atoms with Crippen LogP contribution in [0.4, 0.5) is 0 Å². The molecule has 0 radical (unpaired) electrons. The van der Waals surface area contributed by atoms with E-state index in [0.29, 0.717) is 18.7 Å². The second-order valence-electron chi connectivity index (χ2n) is 6.71. The van der Waals surface area contributed by atoms with Crippen LogP contribution in [-0.2, 0) is 4.74 Å². The van der Waals surface area contributed by atoms with E-state index in [1.54, 1.807) is 6.20 Å². The highest BCUT2D eigenvalue weighted by atomic mass is 16.5. The molecule has 6 heteroatoms. The van der Waals surface area contributed by atoms with Gasteiger partial charge in [-0.15, -0.1) is 0 Å². The zero-order chi connectivity index (χ0) is 17.6. The van der Waals surface area contributed by atoms with E-state index in [2.05, 4.69) is 15.1 Å². The zero-order valence-electron chi connectivity index (χ0n) is 14.9. The summed E-state index contributed by atoms with van der Waals surface area (Å²) in [5, 5.41) is 7.09. The van der Waals surface area contributed by atoms with Crippen LogP contribution >= 0.6 is 0 Å². The van der Waals surface area contributed by atoms with Gasteiger partial charge in [0.05, 0.1) is 23.6 Å². The van der Waals surface area contributed by atoms with Crippen molar-refractivity contribution in [1.29, 1.82) is 0 Å². The molecule has 2 aromatic rings. The van der Waals surface area contributed by atoms with Crippen molar-refractivity contribution in [1.82, 2.24) is 20.0 Å². The Morgan fingerprint density at radius 2 is 2.08 bits per heavy atom. The maximum absolute atomic E-state index is 13.2. The van der Waals surface area contributed by atoms with E-state index in [-0.39, 0.29) is 12.0 Å². The van der Waals surface area contributed by atoms with Gasteiger partial charge < -0.3 is 14.5 Å². The Labute approximate surface area is 148 Å². The maximum Gasteiger partial charge on any atom is 0.257 e. The van der Waals surface area contributed by atoms with Gasteiger partial charge in [0.15, 0.2) is 0 Å². The number of likely N-dealkylation sites (N-methyl/N-ethyl adjacent to an activating group) is 1. The first-order chi connectivity index (χ1) is 12.1. The number of ether oxygens (including phenoxy) is 1. The summed E-state index contributed by atoms with van der Waals surface area (Å²) >= 11 is 0. The number of amides is 1. The third-order valence-electron chi connectivity index (χ3n) is 4.48. The summed E-state index contributed by atoms with van der Waals surface area (Å²) in [4.78, 5) is 17.2. The number of aromatic nitrogens is 2. The number of carbonyl (C=O) groups excluding carboxylic acids is 1. The van der Waals surface area contributed by atoms with Crippen LogP contribution in [0.2, 0.25) is 0 Å². The molecule has 1 atom stereocenters. The SMILES string of the molecule is CN(C)CCN(CC1CCCO1)C(=O)c1cn[nH]c1-c1ccccc1. The van der Waals surface area contributed by atoms with Crippen molar-refractivity contribution in [3.8, 4) is 11.3 Å². The molecule has 0 saturated carbocycles. The van der Waals surface area contributed by atoms with Gasteiger partial charge in [-0.2, -0.15) is 5.10 Å². The molecular weight excluding hydrogens is 316 g/mol. The van der Waals surface area contributed by atoms with Crippen molar-refractivity contribution in [2.45, 2.75) is 18.9 Å². The van der Waals surface area contributed by atoms with Crippen LogP contribution in [0.1, 0.15) is 23.2 Å². The van der Waals surface area contributed by atoms with Gasteiger partial charge in [-0.25, -0.2) is 0 Å². The molecule has 1 aromatic heterocycles. The molecule has 25 heavy (non-hydrogen) atoms. The standard InChI is InChI=1S/C19H26N4O2/c1-22(2)10-11-23(14-16-9-6-12-25-16)19(24)17-13-20-21-18(17)15-7-4-3-5-8-15/h3-5,7-8,13,16H,6,9-12,14H2,1-2H3,(H,20,21). The first kappa shape index (κ1) is 17.6. The highest BCUT2D eigenvalue weighted by Gasteiger charge is 2.26. The normalized spacial score (nSPS) is 17.2. The van der Waals surface area contributed by atoms with Crippen molar-refractivity contribution in [2.24, 2.45) is 0 Å². The fraction of sp³-hybridized carbons (Fsp3) is 0.474. The largest absolute Gasteiger partial charge is 0.376 e. The maximum atomic E-state index is 13.2. The Morgan fingerprint density at radius 1 is 1.28 bits per heavy atom. The molecule has 0 spiro atoms.